The van der Waals surface area contributed by atoms with Gasteiger partial charge in [0, 0.05) is 5.54 Å². The average molecular weight is 298 g/mol. The first-order valence-electron chi connectivity index (χ1n) is 7.54. The second-order valence-corrected chi connectivity index (χ2v) is 7.44. The number of rotatable bonds is 4. The van der Waals surface area contributed by atoms with Crippen LogP contribution >= 0.6 is 11.6 Å². The van der Waals surface area contributed by atoms with Crippen LogP contribution in [-0.2, 0) is 6.42 Å². The number of nitrogens with one attached hydrogen (secondary N) is 1. The first-order chi connectivity index (χ1) is 9.35. The Labute approximate surface area is 126 Å². The molecule has 112 valence electrons. The second-order valence-electron chi connectivity index (χ2n) is 7.03. The lowest BCUT2D eigenvalue weighted by Gasteiger charge is -2.26. The Hall–Kier alpha value is -0.600. The number of benzene rings is 1. The minimum absolute atomic E-state index is 0.166. The zero-order valence-corrected chi connectivity index (χ0v) is 13.4. The summed E-state index contributed by atoms with van der Waals surface area (Å²) in [5.41, 5.74) is 1.24. The van der Waals surface area contributed by atoms with Crippen molar-refractivity contribution in [2.45, 2.75) is 52.0 Å². The van der Waals surface area contributed by atoms with Crippen LogP contribution in [0.25, 0.3) is 0 Å². The highest BCUT2D eigenvalue weighted by molar-refractivity contribution is 6.30. The van der Waals surface area contributed by atoms with Crippen molar-refractivity contribution in [3.05, 3.63) is 34.6 Å². The summed E-state index contributed by atoms with van der Waals surface area (Å²) in [7, 11) is 0. The molecule has 1 aromatic rings. The molecule has 0 spiro atoms. The lowest BCUT2D eigenvalue weighted by Crippen LogP contribution is -2.40. The van der Waals surface area contributed by atoms with Crippen LogP contribution in [0.1, 0.15) is 45.6 Å². The van der Waals surface area contributed by atoms with Gasteiger partial charge >= 0.3 is 0 Å². The molecule has 0 bridgehead atoms. The highest BCUT2D eigenvalue weighted by atomic mass is 35.5. The van der Waals surface area contributed by atoms with Crippen LogP contribution < -0.4 is 5.32 Å². The Balaban J connectivity index is 1.95. The molecule has 1 N–H and O–H groups in total. The van der Waals surface area contributed by atoms with E-state index in [-0.39, 0.29) is 16.4 Å². The molecule has 1 aliphatic rings. The van der Waals surface area contributed by atoms with E-state index in [1.807, 2.05) is 6.07 Å². The topological polar surface area (TPSA) is 12.0 Å². The van der Waals surface area contributed by atoms with E-state index in [4.69, 9.17) is 11.6 Å². The van der Waals surface area contributed by atoms with E-state index in [0.717, 1.165) is 18.5 Å². The average Bonchev–Trinajstić information content (AvgIpc) is 2.78. The van der Waals surface area contributed by atoms with E-state index < -0.39 is 0 Å². The van der Waals surface area contributed by atoms with Crippen molar-refractivity contribution in [1.29, 1.82) is 0 Å². The van der Waals surface area contributed by atoms with Crippen LogP contribution in [0.2, 0.25) is 5.02 Å². The minimum Gasteiger partial charge on any atom is -0.312 e. The van der Waals surface area contributed by atoms with Gasteiger partial charge in [0.15, 0.2) is 0 Å². The SMILES string of the molecule is CC(C)(C)NCC1CCCC1Cc1ccc(Cl)c(F)c1. The van der Waals surface area contributed by atoms with Crippen LogP contribution in [0, 0.1) is 17.7 Å². The molecule has 0 radical (unpaired) electrons. The molecule has 0 aromatic heterocycles. The van der Waals surface area contributed by atoms with Gasteiger partial charge in [-0.15, -0.1) is 0 Å². The van der Waals surface area contributed by atoms with Crippen LogP contribution in [-0.4, -0.2) is 12.1 Å². The van der Waals surface area contributed by atoms with Crippen LogP contribution in [0.4, 0.5) is 4.39 Å². The third-order valence-electron chi connectivity index (χ3n) is 4.19. The van der Waals surface area contributed by atoms with Crippen molar-refractivity contribution in [1.82, 2.24) is 5.32 Å². The summed E-state index contributed by atoms with van der Waals surface area (Å²) in [5.74, 6) is 1.06. The summed E-state index contributed by atoms with van der Waals surface area (Å²) in [5, 5.41) is 3.82. The van der Waals surface area contributed by atoms with Crippen LogP contribution in [0.15, 0.2) is 18.2 Å². The summed E-state index contributed by atoms with van der Waals surface area (Å²) in [4.78, 5) is 0. The summed E-state index contributed by atoms with van der Waals surface area (Å²) >= 11 is 5.74. The first-order valence-corrected chi connectivity index (χ1v) is 7.92. The van der Waals surface area contributed by atoms with Crippen molar-refractivity contribution in [2.24, 2.45) is 11.8 Å². The van der Waals surface area contributed by atoms with Gasteiger partial charge < -0.3 is 5.32 Å². The van der Waals surface area contributed by atoms with Gasteiger partial charge in [-0.05, 0) is 76.1 Å². The van der Waals surface area contributed by atoms with E-state index in [1.54, 1.807) is 12.1 Å². The molecule has 1 nitrogen and oxygen atoms in total. The van der Waals surface area contributed by atoms with Gasteiger partial charge in [0.05, 0.1) is 5.02 Å². The van der Waals surface area contributed by atoms with Gasteiger partial charge in [0.1, 0.15) is 5.82 Å². The molecule has 0 aliphatic heterocycles. The maximum absolute atomic E-state index is 13.5. The fourth-order valence-electron chi connectivity index (χ4n) is 3.06. The van der Waals surface area contributed by atoms with E-state index in [0.29, 0.717) is 11.8 Å². The molecular weight excluding hydrogens is 273 g/mol. The summed E-state index contributed by atoms with van der Waals surface area (Å²) in [6.45, 7) is 7.66. The zero-order chi connectivity index (χ0) is 14.8. The van der Waals surface area contributed by atoms with Crippen molar-refractivity contribution in [3.63, 3.8) is 0 Å². The van der Waals surface area contributed by atoms with Crippen molar-refractivity contribution < 1.29 is 4.39 Å². The number of hydrogen-bond donors (Lipinski definition) is 1. The van der Waals surface area contributed by atoms with E-state index in [2.05, 4.69) is 26.1 Å². The molecule has 1 fully saturated rings. The Kier molecular flexibility index (Phi) is 5.09. The van der Waals surface area contributed by atoms with Crippen LogP contribution in [0.5, 0.6) is 0 Å². The van der Waals surface area contributed by atoms with Gasteiger partial charge in [-0.1, -0.05) is 24.1 Å². The maximum atomic E-state index is 13.5. The predicted molar refractivity (Wildman–Crippen MR) is 83.7 cm³/mol. The second kappa shape index (κ2) is 6.44. The normalized spacial score (nSPS) is 23.2. The molecule has 1 saturated carbocycles. The summed E-state index contributed by atoms with van der Waals surface area (Å²) in [6, 6.07) is 5.22. The molecule has 2 atom stereocenters. The Bertz CT molecular complexity index is 453. The molecular formula is C17H25ClFN. The van der Waals surface area contributed by atoms with Gasteiger partial charge in [0.25, 0.3) is 0 Å². The largest absolute Gasteiger partial charge is 0.312 e. The zero-order valence-electron chi connectivity index (χ0n) is 12.7. The predicted octanol–water partition coefficient (Wildman–Crippen LogP) is 4.83. The molecule has 2 rings (SSSR count). The molecule has 3 heteroatoms. The fourth-order valence-corrected chi connectivity index (χ4v) is 3.18. The highest BCUT2D eigenvalue weighted by Crippen LogP contribution is 2.34. The fraction of sp³-hybridized carbons (Fsp3) is 0.647. The van der Waals surface area contributed by atoms with Crippen molar-refractivity contribution in [3.8, 4) is 0 Å². The lowest BCUT2D eigenvalue weighted by atomic mass is 9.89. The third kappa shape index (κ3) is 4.46. The Morgan fingerprint density at radius 2 is 1.95 bits per heavy atom. The van der Waals surface area contributed by atoms with Gasteiger partial charge in [-0.3, -0.25) is 0 Å². The first kappa shape index (κ1) is 15.8. The molecule has 0 amide bonds. The van der Waals surface area contributed by atoms with Crippen molar-refractivity contribution >= 4 is 11.6 Å². The summed E-state index contributed by atoms with van der Waals surface area (Å²) < 4.78 is 13.5. The van der Waals surface area contributed by atoms with Gasteiger partial charge in [-0.2, -0.15) is 0 Å². The summed E-state index contributed by atoms with van der Waals surface area (Å²) in [6.07, 6.45) is 4.78. The smallest absolute Gasteiger partial charge is 0.142 e. The van der Waals surface area contributed by atoms with Crippen LogP contribution in [0.3, 0.4) is 0 Å². The standard InChI is InChI=1S/C17H25ClFN/c1-17(2,3)20-11-14-6-4-5-13(14)9-12-7-8-15(18)16(19)10-12/h7-8,10,13-14,20H,4-6,9,11H2,1-3H3. The van der Waals surface area contributed by atoms with Crippen molar-refractivity contribution in [2.75, 3.05) is 6.54 Å². The number of halogens is 2. The van der Waals surface area contributed by atoms with E-state index in [1.165, 1.54) is 19.3 Å². The van der Waals surface area contributed by atoms with E-state index >= 15 is 0 Å². The van der Waals surface area contributed by atoms with Gasteiger partial charge in [0.2, 0.25) is 0 Å². The highest BCUT2D eigenvalue weighted by Gasteiger charge is 2.28. The van der Waals surface area contributed by atoms with Gasteiger partial charge in [-0.25, -0.2) is 4.39 Å². The number of hydrogen-bond acceptors (Lipinski definition) is 1. The molecule has 0 saturated heterocycles. The lowest BCUT2D eigenvalue weighted by molar-refractivity contribution is 0.317. The monoisotopic (exact) mass is 297 g/mol. The third-order valence-corrected chi connectivity index (χ3v) is 4.50. The Morgan fingerprint density at radius 3 is 2.60 bits per heavy atom. The molecule has 1 aromatic carbocycles. The maximum Gasteiger partial charge on any atom is 0.142 e. The molecule has 0 heterocycles. The molecule has 2 unspecified atom stereocenters. The quantitative estimate of drug-likeness (QED) is 0.839. The minimum atomic E-state index is -0.300. The molecule has 20 heavy (non-hydrogen) atoms. The van der Waals surface area contributed by atoms with E-state index in [9.17, 15) is 4.39 Å². The Morgan fingerprint density at radius 1 is 1.25 bits per heavy atom. The molecule has 1 aliphatic carbocycles.